The van der Waals surface area contributed by atoms with E-state index in [1.165, 1.54) is 4.88 Å². The number of aryl methyl sites for hydroxylation is 1. The van der Waals surface area contributed by atoms with E-state index in [1.807, 2.05) is 30.6 Å². The lowest BCUT2D eigenvalue weighted by Crippen LogP contribution is -2.16. The fourth-order valence-electron chi connectivity index (χ4n) is 1.86. The highest BCUT2D eigenvalue weighted by Crippen LogP contribution is 2.14. The molecule has 0 aliphatic carbocycles. The summed E-state index contributed by atoms with van der Waals surface area (Å²) in [4.78, 5) is 5.45. The number of oxime groups is 1. The molecule has 5 nitrogen and oxygen atoms in total. The molecule has 0 aliphatic heterocycles. The zero-order valence-corrected chi connectivity index (χ0v) is 12.1. The topological polar surface area (TPSA) is 80.7 Å². The van der Waals surface area contributed by atoms with Gasteiger partial charge in [0.15, 0.2) is 5.84 Å². The van der Waals surface area contributed by atoms with Crippen molar-refractivity contribution >= 4 is 17.2 Å². The Morgan fingerprint density at radius 2 is 2.25 bits per heavy atom. The first kappa shape index (κ1) is 14.5. The standard InChI is InChI=1S/C14H17N3O2S/c1-10-13(20-9-16-10)6-7-19-8-11-4-2-3-5-12(11)14(15)17-18/h2-5,9,18H,6-8H2,1H3,(H2,15,17). The highest BCUT2D eigenvalue weighted by atomic mass is 32.1. The van der Waals surface area contributed by atoms with Crippen LogP contribution in [0.25, 0.3) is 0 Å². The lowest BCUT2D eigenvalue weighted by molar-refractivity contribution is 0.124. The highest BCUT2D eigenvalue weighted by Gasteiger charge is 2.07. The van der Waals surface area contributed by atoms with E-state index in [-0.39, 0.29) is 5.84 Å². The van der Waals surface area contributed by atoms with Crippen LogP contribution in [0.15, 0.2) is 34.9 Å². The van der Waals surface area contributed by atoms with Crippen molar-refractivity contribution in [1.29, 1.82) is 0 Å². The van der Waals surface area contributed by atoms with Crippen molar-refractivity contribution in [3.05, 3.63) is 51.5 Å². The summed E-state index contributed by atoms with van der Waals surface area (Å²) in [5.41, 5.74) is 10.1. The molecule has 0 bridgehead atoms. The molecule has 0 saturated carbocycles. The fourth-order valence-corrected chi connectivity index (χ4v) is 2.63. The molecule has 0 amide bonds. The van der Waals surface area contributed by atoms with Gasteiger partial charge in [-0.3, -0.25) is 0 Å². The molecule has 0 radical (unpaired) electrons. The van der Waals surface area contributed by atoms with Crippen LogP contribution in [-0.2, 0) is 17.8 Å². The monoisotopic (exact) mass is 291 g/mol. The summed E-state index contributed by atoms with van der Waals surface area (Å²) in [6.07, 6.45) is 0.849. The predicted molar refractivity (Wildman–Crippen MR) is 79.2 cm³/mol. The number of nitrogens with two attached hydrogens (primary N) is 1. The summed E-state index contributed by atoms with van der Waals surface area (Å²) in [5.74, 6) is 0.0995. The van der Waals surface area contributed by atoms with E-state index in [1.54, 1.807) is 17.4 Å². The Hall–Kier alpha value is -1.92. The molecule has 3 N–H and O–H groups in total. The first-order chi connectivity index (χ1) is 9.72. The van der Waals surface area contributed by atoms with E-state index in [0.29, 0.717) is 18.8 Å². The van der Waals surface area contributed by atoms with Crippen molar-refractivity contribution in [1.82, 2.24) is 4.98 Å². The molecule has 1 aromatic carbocycles. The number of thiazole rings is 1. The quantitative estimate of drug-likeness (QED) is 0.281. The Bertz CT molecular complexity index is 596. The Labute approximate surface area is 121 Å². The molecule has 1 heterocycles. The number of amidine groups is 1. The average Bonchev–Trinajstić information content (AvgIpc) is 2.88. The van der Waals surface area contributed by atoms with Gasteiger partial charge in [-0.05, 0) is 12.5 Å². The smallest absolute Gasteiger partial charge is 0.170 e. The van der Waals surface area contributed by atoms with Gasteiger partial charge in [-0.15, -0.1) is 11.3 Å². The Kier molecular flexibility index (Phi) is 5.09. The lowest BCUT2D eigenvalue weighted by atomic mass is 10.1. The molecule has 1 aromatic heterocycles. The van der Waals surface area contributed by atoms with Crippen LogP contribution in [0.3, 0.4) is 0 Å². The number of nitrogens with zero attached hydrogens (tertiary/aromatic N) is 2. The SMILES string of the molecule is Cc1ncsc1CCOCc1ccccc1/C(N)=N/O. The maximum absolute atomic E-state index is 8.76. The second kappa shape index (κ2) is 7.02. The van der Waals surface area contributed by atoms with Crippen LogP contribution in [0.5, 0.6) is 0 Å². The van der Waals surface area contributed by atoms with Crippen molar-refractivity contribution < 1.29 is 9.94 Å². The van der Waals surface area contributed by atoms with E-state index in [9.17, 15) is 0 Å². The van der Waals surface area contributed by atoms with E-state index in [4.69, 9.17) is 15.7 Å². The largest absolute Gasteiger partial charge is 0.409 e. The summed E-state index contributed by atoms with van der Waals surface area (Å²) < 4.78 is 5.67. The van der Waals surface area contributed by atoms with Crippen molar-refractivity contribution in [3.63, 3.8) is 0 Å². The second-order valence-electron chi connectivity index (χ2n) is 4.31. The van der Waals surface area contributed by atoms with Gasteiger partial charge in [0.25, 0.3) is 0 Å². The van der Waals surface area contributed by atoms with Crippen LogP contribution in [0.2, 0.25) is 0 Å². The number of benzene rings is 1. The zero-order chi connectivity index (χ0) is 14.4. The van der Waals surface area contributed by atoms with Crippen molar-refractivity contribution in [3.8, 4) is 0 Å². The minimum atomic E-state index is 0.0995. The Morgan fingerprint density at radius 3 is 2.95 bits per heavy atom. The average molecular weight is 291 g/mol. The van der Waals surface area contributed by atoms with Gasteiger partial charge in [-0.1, -0.05) is 29.4 Å². The van der Waals surface area contributed by atoms with Crippen molar-refractivity contribution in [2.45, 2.75) is 20.0 Å². The molecule has 2 rings (SSSR count). The molecular weight excluding hydrogens is 274 g/mol. The lowest BCUT2D eigenvalue weighted by Gasteiger charge is -2.08. The van der Waals surface area contributed by atoms with Crippen molar-refractivity contribution in [2.75, 3.05) is 6.61 Å². The van der Waals surface area contributed by atoms with Crippen LogP contribution in [-0.4, -0.2) is 22.6 Å². The third kappa shape index (κ3) is 3.55. The molecule has 0 atom stereocenters. The molecule has 0 aliphatic rings. The van der Waals surface area contributed by atoms with Gasteiger partial charge in [0.05, 0.1) is 24.4 Å². The van der Waals surface area contributed by atoms with Gasteiger partial charge in [0.1, 0.15) is 0 Å². The summed E-state index contributed by atoms with van der Waals surface area (Å²) in [6.45, 7) is 3.05. The molecule has 20 heavy (non-hydrogen) atoms. The zero-order valence-electron chi connectivity index (χ0n) is 11.2. The molecule has 0 saturated heterocycles. The number of rotatable bonds is 6. The molecule has 106 valence electrons. The van der Waals surface area contributed by atoms with E-state index < -0.39 is 0 Å². The number of hydrogen-bond donors (Lipinski definition) is 2. The van der Waals surface area contributed by atoms with Gasteiger partial charge in [-0.25, -0.2) is 4.98 Å². The summed E-state index contributed by atoms with van der Waals surface area (Å²) in [6, 6.07) is 7.46. The maximum Gasteiger partial charge on any atom is 0.170 e. The maximum atomic E-state index is 8.76. The minimum Gasteiger partial charge on any atom is -0.409 e. The molecule has 6 heteroatoms. The number of ether oxygens (including phenoxy) is 1. The summed E-state index contributed by atoms with van der Waals surface area (Å²) in [5, 5.41) is 11.8. The van der Waals surface area contributed by atoms with Gasteiger partial charge in [0.2, 0.25) is 0 Å². The number of hydrogen-bond acceptors (Lipinski definition) is 5. The van der Waals surface area contributed by atoms with Crippen molar-refractivity contribution in [2.24, 2.45) is 10.9 Å². The predicted octanol–water partition coefficient (Wildman–Crippen LogP) is 2.31. The molecule has 2 aromatic rings. The van der Waals surface area contributed by atoms with Crippen LogP contribution < -0.4 is 5.73 Å². The van der Waals surface area contributed by atoms with Crippen LogP contribution >= 0.6 is 11.3 Å². The Balaban J connectivity index is 1.90. The van der Waals surface area contributed by atoms with Crippen LogP contribution in [0.4, 0.5) is 0 Å². The van der Waals surface area contributed by atoms with Gasteiger partial charge in [0, 0.05) is 16.9 Å². The van der Waals surface area contributed by atoms with Gasteiger partial charge in [-0.2, -0.15) is 0 Å². The Morgan fingerprint density at radius 1 is 1.45 bits per heavy atom. The van der Waals surface area contributed by atoms with Crippen LogP contribution in [0.1, 0.15) is 21.7 Å². The fraction of sp³-hybridized carbons (Fsp3) is 0.286. The van der Waals surface area contributed by atoms with Gasteiger partial charge >= 0.3 is 0 Å². The summed E-state index contributed by atoms with van der Waals surface area (Å²) >= 11 is 1.64. The third-order valence-electron chi connectivity index (χ3n) is 2.98. The molecular formula is C14H17N3O2S. The molecule has 0 spiro atoms. The highest BCUT2D eigenvalue weighted by molar-refractivity contribution is 7.09. The second-order valence-corrected chi connectivity index (χ2v) is 5.25. The third-order valence-corrected chi connectivity index (χ3v) is 3.97. The van der Waals surface area contributed by atoms with Crippen LogP contribution in [0, 0.1) is 6.92 Å². The van der Waals surface area contributed by atoms with E-state index in [2.05, 4.69) is 10.1 Å². The number of aromatic nitrogens is 1. The van der Waals surface area contributed by atoms with E-state index in [0.717, 1.165) is 17.7 Å². The van der Waals surface area contributed by atoms with E-state index >= 15 is 0 Å². The first-order valence-electron chi connectivity index (χ1n) is 6.25. The first-order valence-corrected chi connectivity index (χ1v) is 7.13. The molecule has 0 fully saturated rings. The van der Waals surface area contributed by atoms with Gasteiger partial charge < -0.3 is 15.7 Å². The minimum absolute atomic E-state index is 0.0995. The molecule has 0 unspecified atom stereocenters. The summed E-state index contributed by atoms with van der Waals surface area (Å²) in [7, 11) is 0. The normalized spacial score (nSPS) is 11.8.